The van der Waals surface area contributed by atoms with Gasteiger partial charge in [-0.2, -0.15) is 0 Å². The Morgan fingerprint density at radius 2 is 1.70 bits per heavy atom. The van der Waals surface area contributed by atoms with Crippen LogP contribution < -0.4 is 10.2 Å². The van der Waals surface area contributed by atoms with E-state index in [4.69, 9.17) is 4.74 Å². The second-order valence-corrected chi connectivity index (χ2v) is 5.26. The van der Waals surface area contributed by atoms with Gasteiger partial charge in [0.1, 0.15) is 0 Å². The van der Waals surface area contributed by atoms with Crippen LogP contribution in [0.1, 0.15) is 29.8 Å². The van der Waals surface area contributed by atoms with E-state index in [1.807, 2.05) is 48.5 Å². The summed E-state index contributed by atoms with van der Waals surface area (Å²) in [7, 11) is 1.63. The molecule has 1 N–H and O–H groups in total. The van der Waals surface area contributed by atoms with Gasteiger partial charge in [0.05, 0.1) is 6.61 Å². The molecule has 0 aliphatic rings. The minimum atomic E-state index is -0.117. The molecule has 2 rings (SSSR count). The number of nitrogens with one attached hydrogen (secondary N) is 1. The lowest BCUT2D eigenvalue weighted by atomic mass is 10.1. The smallest absolute Gasteiger partial charge is 0.256 e. The van der Waals surface area contributed by atoms with Gasteiger partial charge in [-0.15, -0.1) is 0 Å². The minimum Gasteiger partial charge on any atom is -0.380 e. The van der Waals surface area contributed by atoms with Gasteiger partial charge in [0, 0.05) is 37.1 Å². The quantitative estimate of drug-likeness (QED) is 0.842. The van der Waals surface area contributed by atoms with Crippen LogP contribution in [-0.4, -0.2) is 26.1 Å². The van der Waals surface area contributed by atoms with Crippen molar-refractivity contribution in [2.45, 2.75) is 20.5 Å². The molecule has 2 aromatic carbocycles. The summed E-state index contributed by atoms with van der Waals surface area (Å²) in [5, 5.41) is 2.95. The van der Waals surface area contributed by atoms with Gasteiger partial charge in [0.25, 0.3) is 5.91 Å². The number of anilines is 2. The number of ether oxygens (including phenoxy) is 1. The van der Waals surface area contributed by atoms with Crippen LogP contribution in [0.5, 0.6) is 0 Å². The average Bonchev–Trinajstić information content (AvgIpc) is 2.58. The molecule has 23 heavy (non-hydrogen) atoms. The van der Waals surface area contributed by atoms with Crippen molar-refractivity contribution in [3.05, 3.63) is 59.7 Å². The Balaban J connectivity index is 2.11. The van der Waals surface area contributed by atoms with Gasteiger partial charge in [-0.1, -0.05) is 18.2 Å². The summed E-state index contributed by atoms with van der Waals surface area (Å²) in [5.41, 5.74) is 3.47. The van der Waals surface area contributed by atoms with E-state index < -0.39 is 0 Å². The molecule has 0 spiro atoms. The van der Waals surface area contributed by atoms with E-state index in [0.29, 0.717) is 12.2 Å². The molecule has 4 nitrogen and oxygen atoms in total. The SMILES string of the molecule is CCN(CC)c1ccc(NC(=O)c2ccccc2COC)cc1. The highest BCUT2D eigenvalue weighted by Gasteiger charge is 2.11. The number of rotatable bonds is 7. The van der Waals surface area contributed by atoms with Gasteiger partial charge in [-0.25, -0.2) is 0 Å². The Kier molecular flexibility index (Phi) is 6.18. The predicted molar refractivity (Wildman–Crippen MR) is 95.1 cm³/mol. The Bertz CT molecular complexity index is 634. The number of carbonyl (C=O) groups excluding carboxylic acids is 1. The summed E-state index contributed by atoms with van der Waals surface area (Å²) in [6.45, 7) is 6.61. The number of methoxy groups -OCH3 is 1. The standard InChI is InChI=1S/C19H24N2O2/c1-4-21(5-2)17-12-10-16(11-13-17)20-19(22)18-9-7-6-8-15(18)14-23-3/h6-13H,4-5,14H2,1-3H3,(H,20,22). The van der Waals surface area contributed by atoms with Crippen molar-refractivity contribution < 1.29 is 9.53 Å². The maximum absolute atomic E-state index is 12.5. The van der Waals surface area contributed by atoms with E-state index in [0.717, 1.165) is 30.0 Å². The first-order chi connectivity index (χ1) is 11.2. The van der Waals surface area contributed by atoms with Gasteiger partial charge in [-0.3, -0.25) is 4.79 Å². The fourth-order valence-electron chi connectivity index (χ4n) is 2.57. The summed E-state index contributed by atoms with van der Waals surface area (Å²) in [6, 6.07) is 15.4. The van der Waals surface area contributed by atoms with Crippen molar-refractivity contribution >= 4 is 17.3 Å². The van der Waals surface area contributed by atoms with Gasteiger partial charge < -0.3 is 15.0 Å². The second kappa shape index (κ2) is 8.34. The van der Waals surface area contributed by atoms with Crippen LogP contribution in [0.25, 0.3) is 0 Å². The average molecular weight is 312 g/mol. The van der Waals surface area contributed by atoms with Gasteiger partial charge in [-0.05, 0) is 49.7 Å². The molecule has 122 valence electrons. The van der Waals surface area contributed by atoms with Crippen molar-refractivity contribution in [3.8, 4) is 0 Å². The van der Waals surface area contributed by atoms with Crippen LogP contribution in [0.4, 0.5) is 11.4 Å². The molecule has 0 saturated carbocycles. The summed E-state index contributed by atoms with van der Waals surface area (Å²) in [5.74, 6) is -0.117. The largest absolute Gasteiger partial charge is 0.380 e. The number of hydrogen-bond donors (Lipinski definition) is 1. The second-order valence-electron chi connectivity index (χ2n) is 5.26. The highest BCUT2D eigenvalue weighted by molar-refractivity contribution is 6.05. The van der Waals surface area contributed by atoms with Crippen LogP contribution in [-0.2, 0) is 11.3 Å². The third-order valence-corrected chi connectivity index (χ3v) is 3.82. The molecule has 0 saturated heterocycles. The molecule has 1 amide bonds. The molecule has 0 atom stereocenters. The lowest BCUT2D eigenvalue weighted by molar-refractivity contribution is 0.102. The topological polar surface area (TPSA) is 41.6 Å². The molecule has 2 aromatic rings. The molecule has 0 bridgehead atoms. The fraction of sp³-hybridized carbons (Fsp3) is 0.316. The number of hydrogen-bond acceptors (Lipinski definition) is 3. The third kappa shape index (κ3) is 4.33. The summed E-state index contributed by atoms with van der Waals surface area (Å²) in [4.78, 5) is 14.7. The molecule has 4 heteroatoms. The molecule has 0 fully saturated rings. The number of carbonyl (C=O) groups is 1. The maximum atomic E-state index is 12.5. The zero-order valence-corrected chi connectivity index (χ0v) is 14.0. The monoisotopic (exact) mass is 312 g/mol. The van der Waals surface area contributed by atoms with Gasteiger partial charge in [0.2, 0.25) is 0 Å². The lowest BCUT2D eigenvalue weighted by Crippen LogP contribution is -2.21. The van der Waals surface area contributed by atoms with Crippen molar-refractivity contribution in [2.75, 3.05) is 30.4 Å². The Morgan fingerprint density at radius 3 is 2.30 bits per heavy atom. The van der Waals surface area contributed by atoms with E-state index in [1.165, 1.54) is 0 Å². The van der Waals surface area contributed by atoms with E-state index >= 15 is 0 Å². The summed E-state index contributed by atoms with van der Waals surface area (Å²) in [6.07, 6.45) is 0. The van der Waals surface area contributed by atoms with Crippen molar-refractivity contribution in [3.63, 3.8) is 0 Å². The first-order valence-corrected chi connectivity index (χ1v) is 7.92. The van der Waals surface area contributed by atoms with Crippen LogP contribution in [0, 0.1) is 0 Å². The molecule has 0 heterocycles. The highest BCUT2D eigenvalue weighted by Crippen LogP contribution is 2.19. The molecular formula is C19H24N2O2. The Hall–Kier alpha value is -2.33. The van der Waals surface area contributed by atoms with E-state index in [9.17, 15) is 4.79 Å². The normalized spacial score (nSPS) is 10.4. The Morgan fingerprint density at radius 1 is 1.04 bits per heavy atom. The first-order valence-electron chi connectivity index (χ1n) is 7.92. The van der Waals surface area contributed by atoms with Crippen LogP contribution >= 0.6 is 0 Å². The van der Waals surface area contributed by atoms with Gasteiger partial charge in [0.15, 0.2) is 0 Å². The summed E-state index contributed by atoms with van der Waals surface area (Å²) >= 11 is 0. The number of benzene rings is 2. The van der Waals surface area contributed by atoms with Crippen LogP contribution in [0.2, 0.25) is 0 Å². The molecule has 0 aliphatic heterocycles. The van der Waals surface area contributed by atoms with Crippen LogP contribution in [0.15, 0.2) is 48.5 Å². The summed E-state index contributed by atoms with van der Waals surface area (Å²) < 4.78 is 5.15. The van der Waals surface area contributed by atoms with Crippen LogP contribution in [0.3, 0.4) is 0 Å². The molecular weight excluding hydrogens is 288 g/mol. The van der Waals surface area contributed by atoms with E-state index in [-0.39, 0.29) is 5.91 Å². The predicted octanol–water partition coefficient (Wildman–Crippen LogP) is 3.93. The lowest BCUT2D eigenvalue weighted by Gasteiger charge is -2.21. The maximum Gasteiger partial charge on any atom is 0.256 e. The molecule has 0 radical (unpaired) electrons. The Labute approximate surface area is 138 Å². The highest BCUT2D eigenvalue weighted by atomic mass is 16.5. The zero-order valence-electron chi connectivity index (χ0n) is 14.0. The molecule has 0 unspecified atom stereocenters. The van der Waals surface area contributed by atoms with Crippen molar-refractivity contribution in [1.29, 1.82) is 0 Å². The van der Waals surface area contributed by atoms with E-state index in [2.05, 4.69) is 24.1 Å². The van der Waals surface area contributed by atoms with Crippen molar-refractivity contribution in [1.82, 2.24) is 0 Å². The van der Waals surface area contributed by atoms with Crippen molar-refractivity contribution in [2.24, 2.45) is 0 Å². The fourth-order valence-corrected chi connectivity index (χ4v) is 2.57. The van der Waals surface area contributed by atoms with Gasteiger partial charge >= 0.3 is 0 Å². The zero-order chi connectivity index (χ0) is 16.7. The minimum absolute atomic E-state index is 0.117. The number of amides is 1. The number of nitrogens with zero attached hydrogens (tertiary/aromatic N) is 1. The third-order valence-electron chi connectivity index (χ3n) is 3.82. The van der Waals surface area contributed by atoms with E-state index in [1.54, 1.807) is 7.11 Å². The molecule has 0 aliphatic carbocycles. The first kappa shape index (κ1) is 17.0. The molecule has 0 aromatic heterocycles.